The minimum Gasteiger partial charge on any atom is -0.496 e. The number of ketones is 1. The molecule has 1 N–H and O–H groups in total. The summed E-state index contributed by atoms with van der Waals surface area (Å²) in [6.45, 7) is 5.48. The third-order valence-electron chi connectivity index (χ3n) is 5.63. The van der Waals surface area contributed by atoms with Crippen molar-refractivity contribution in [1.82, 2.24) is 15.3 Å². The fourth-order valence-corrected chi connectivity index (χ4v) is 4.08. The van der Waals surface area contributed by atoms with Gasteiger partial charge in [-0.2, -0.15) is 0 Å². The van der Waals surface area contributed by atoms with Crippen molar-refractivity contribution < 1.29 is 14.3 Å². The van der Waals surface area contributed by atoms with Crippen molar-refractivity contribution in [2.75, 3.05) is 51.3 Å². The first-order chi connectivity index (χ1) is 14.6. The number of para-hydroxylation sites is 1. The summed E-state index contributed by atoms with van der Waals surface area (Å²) in [5.41, 5.74) is 5.65. The Morgan fingerprint density at radius 3 is 2.57 bits per heavy atom. The number of hydrogen-bond donors (Lipinski definition) is 1. The van der Waals surface area contributed by atoms with Crippen LogP contribution in [0.15, 0.2) is 42.5 Å². The molecule has 0 saturated carbocycles. The molecule has 7 nitrogen and oxygen atoms in total. The maximum atomic E-state index is 12.4. The molecule has 4 rings (SSSR count). The molecular weight excluding hydrogens is 404 g/mol. The van der Waals surface area contributed by atoms with Crippen molar-refractivity contribution in [3.63, 3.8) is 0 Å². The van der Waals surface area contributed by atoms with Crippen LogP contribution >= 0.6 is 11.6 Å². The summed E-state index contributed by atoms with van der Waals surface area (Å²) >= 11 is 5.97. The van der Waals surface area contributed by atoms with Gasteiger partial charge in [-0.25, -0.2) is 5.01 Å². The lowest BCUT2D eigenvalue weighted by Crippen LogP contribution is -2.53. The smallest absolute Gasteiger partial charge is 0.299 e. The van der Waals surface area contributed by atoms with Gasteiger partial charge < -0.3 is 9.64 Å². The molecule has 158 valence electrons. The van der Waals surface area contributed by atoms with Gasteiger partial charge in [0.15, 0.2) is 0 Å². The third-order valence-corrected chi connectivity index (χ3v) is 5.87. The molecule has 0 unspecified atom stereocenters. The second-order valence-electron chi connectivity index (χ2n) is 7.42. The van der Waals surface area contributed by atoms with E-state index in [1.54, 1.807) is 30.2 Å². The maximum absolute atomic E-state index is 12.4. The van der Waals surface area contributed by atoms with Gasteiger partial charge in [0, 0.05) is 56.4 Å². The van der Waals surface area contributed by atoms with Crippen LogP contribution in [0.2, 0.25) is 5.02 Å². The van der Waals surface area contributed by atoms with Crippen LogP contribution in [-0.2, 0) is 11.3 Å². The van der Waals surface area contributed by atoms with Crippen LogP contribution in [0.5, 0.6) is 5.75 Å². The number of carbonyl (C=O) groups is 2. The van der Waals surface area contributed by atoms with E-state index in [1.807, 2.05) is 18.2 Å². The molecule has 8 heteroatoms. The summed E-state index contributed by atoms with van der Waals surface area (Å²) < 4.78 is 5.40. The van der Waals surface area contributed by atoms with Crippen LogP contribution in [0.3, 0.4) is 0 Å². The molecule has 1 amide bonds. The highest BCUT2D eigenvalue weighted by Gasteiger charge is 2.35. The fourth-order valence-electron chi connectivity index (χ4n) is 3.91. The lowest BCUT2D eigenvalue weighted by atomic mass is 10.1. The molecule has 1 saturated heterocycles. The first kappa shape index (κ1) is 20.8. The van der Waals surface area contributed by atoms with E-state index in [4.69, 9.17) is 16.3 Å². The average Bonchev–Trinajstić information content (AvgIpc) is 3.01. The van der Waals surface area contributed by atoms with E-state index in [-0.39, 0.29) is 0 Å². The van der Waals surface area contributed by atoms with Crippen LogP contribution in [-0.4, -0.2) is 68.0 Å². The molecule has 0 atom stereocenters. The molecule has 2 aromatic rings. The molecule has 2 aliphatic rings. The minimum absolute atomic E-state index is 0.401. The fraction of sp³-hybridized carbons (Fsp3) is 0.364. The van der Waals surface area contributed by atoms with Gasteiger partial charge >= 0.3 is 0 Å². The topological polar surface area (TPSA) is 65.1 Å². The quantitative estimate of drug-likeness (QED) is 0.682. The van der Waals surface area contributed by atoms with E-state index in [9.17, 15) is 9.59 Å². The van der Waals surface area contributed by atoms with Gasteiger partial charge in [-0.3, -0.25) is 19.9 Å². The Morgan fingerprint density at radius 1 is 1.03 bits per heavy atom. The zero-order valence-electron chi connectivity index (χ0n) is 16.9. The van der Waals surface area contributed by atoms with Crippen LogP contribution in [0.4, 0.5) is 5.69 Å². The number of Topliss-reactive ketones (excluding diaryl/α,β-unsaturated/α-hetero) is 1. The Balaban J connectivity index is 1.26. The van der Waals surface area contributed by atoms with E-state index in [1.165, 1.54) is 0 Å². The number of halogens is 1. The molecule has 0 radical (unpaired) electrons. The number of nitrogens with zero attached hydrogens (tertiary/aromatic N) is 3. The predicted molar refractivity (Wildman–Crippen MR) is 116 cm³/mol. The highest BCUT2D eigenvalue weighted by atomic mass is 35.5. The van der Waals surface area contributed by atoms with Crippen molar-refractivity contribution in [1.29, 1.82) is 0 Å². The monoisotopic (exact) mass is 428 g/mol. The zero-order chi connectivity index (χ0) is 21.1. The van der Waals surface area contributed by atoms with Crippen molar-refractivity contribution in [2.24, 2.45) is 0 Å². The average molecular weight is 429 g/mol. The lowest BCUT2D eigenvalue weighted by molar-refractivity contribution is -0.114. The lowest BCUT2D eigenvalue weighted by Gasteiger charge is -2.35. The number of methoxy groups -OCH3 is 1. The van der Waals surface area contributed by atoms with E-state index in [2.05, 4.69) is 21.4 Å². The van der Waals surface area contributed by atoms with E-state index in [0.717, 1.165) is 44.0 Å². The molecule has 0 aromatic heterocycles. The summed E-state index contributed by atoms with van der Waals surface area (Å²) in [6, 6.07) is 13.0. The highest BCUT2D eigenvalue weighted by molar-refractivity contribution is 6.52. The second-order valence-corrected chi connectivity index (χ2v) is 7.86. The number of benzene rings is 2. The van der Waals surface area contributed by atoms with Crippen LogP contribution in [0.25, 0.3) is 0 Å². The normalized spacial score (nSPS) is 17.5. The number of anilines is 1. The third kappa shape index (κ3) is 4.34. The number of nitrogens with one attached hydrogen (secondary N) is 1. The Kier molecular flexibility index (Phi) is 6.34. The van der Waals surface area contributed by atoms with Crippen molar-refractivity contribution >= 4 is 29.0 Å². The van der Waals surface area contributed by atoms with Gasteiger partial charge in [-0.15, -0.1) is 0 Å². The van der Waals surface area contributed by atoms with Crippen LogP contribution in [0, 0.1) is 0 Å². The number of carbonyl (C=O) groups excluding carboxylic acids is 2. The molecule has 2 heterocycles. The largest absolute Gasteiger partial charge is 0.496 e. The molecule has 0 aliphatic carbocycles. The Bertz CT molecular complexity index is 944. The predicted octanol–water partition coefficient (Wildman–Crippen LogP) is 2.20. The van der Waals surface area contributed by atoms with Crippen LogP contribution < -0.4 is 15.1 Å². The molecule has 30 heavy (non-hydrogen) atoms. The highest BCUT2D eigenvalue weighted by Crippen LogP contribution is 2.31. The summed E-state index contributed by atoms with van der Waals surface area (Å²) in [5.74, 6) is -0.0581. The molecule has 2 aliphatic heterocycles. The zero-order valence-corrected chi connectivity index (χ0v) is 17.7. The molecular formula is C22H25ClN4O3. The van der Waals surface area contributed by atoms with Crippen molar-refractivity contribution in [3.05, 3.63) is 58.6 Å². The number of hydrazine groups is 1. The number of hydrogen-bond acceptors (Lipinski definition) is 6. The summed E-state index contributed by atoms with van der Waals surface area (Å²) in [7, 11) is 1.68. The van der Waals surface area contributed by atoms with Gasteiger partial charge in [0.1, 0.15) is 5.75 Å². The number of piperazine rings is 1. The first-order valence-corrected chi connectivity index (χ1v) is 10.4. The number of amides is 1. The first-order valence-electron chi connectivity index (χ1n) is 10.1. The maximum Gasteiger partial charge on any atom is 0.299 e. The second kappa shape index (κ2) is 9.14. The Morgan fingerprint density at radius 2 is 1.80 bits per heavy atom. The summed E-state index contributed by atoms with van der Waals surface area (Å²) in [6.07, 6.45) is 0. The summed E-state index contributed by atoms with van der Waals surface area (Å²) in [4.78, 5) is 28.4. The number of fused-ring (bicyclic) bond motifs is 1. The molecule has 0 bridgehead atoms. The minimum atomic E-state index is -0.474. The van der Waals surface area contributed by atoms with Gasteiger partial charge in [-0.05, 0) is 24.3 Å². The van der Waals surface area contributed by atoms with Crippen molar-refractivity contribution in [3.8, 4) is 5.75 Å². The van der Waals surface area contributed by atoms with E-state index in [0.29, 0.717) is 29.4 Å². The van der Waals surface area contributed by atoms with E-state index >= 15 is 0 Å². The molecule has 0 spiro atoms. The van der Waals surface area contributed by atoms with Gasteiger partial charge in [0.25, 0.3) is 11.7 Å². The van der Waals surface area contributed by atoms with Gasteiger partial charge in [0.2, 0.25) is 0 Å². The van der Waals surface area contributed by atoms with Gasteiger partial charge in [0.05, 0.1) is 18.4 Å². The Hall–Kier alpha value is -2.45. The summed E-state index contributed by atoms with van der Waals surface area (Å²) in [5, 5.41) is 2.68. The number of ether oxygens (including phenoxy) is 1. The number of rotatable bonds is 7. The standard InChI is InChI=1S/C22H25ClN4O3/c1-30-20-5-3-2-4-16(20)15-24-26-11-8-25(9-12-26)10-13-27-19-7-6-17(23)14-18(19)21(28)22(27)29/h2-7,14,24H,8-13,15H2,1H3. The van der Waals surface area contributed by atoms with Crippen LogP contribution in [0.1, 0.15) is 15.9 Å². The molecule has 2 aromatic carbocycles. The van der Waals surface area contributed by atoms with Crippen molar-refractivity contribution in [2.45, 2.75) is 6.54 Å². The van der Waals surface area contributed by atoms with E-state index < -0.39 is 11.7 Å². The molecule has 1 fully saturated rings. The van der Waals surface area contributed by atoms with Gasteiger partial charge in [-0.1, -0.05) is 29.8 Å². The Labute approximate surface area is 181 Å². The SMILES string of the molecule is COc1ccccc1CNN1CCN(CCN2C(=O)C(=O)c3cc(Cl)ccc32)CC1.